The van der Waals surface area contributed by atoms with Crippen molar-refractivity contribution in [2.75, 3.05) is 6.54 Å². The Kier molecular flexibility index (Phi) is 13.1. The van der Waals surface area contributed by atoms with E-state index in [-0.39, 0.29) is 37.7 Å². The number of carbonyl (C=O) groups excluding carboxylic acids is 2. The molecule has 0 fully saturated rings. The number of amides is 1. The SMILES string of the molecule is C[C@@H](O)[C@H](N)C(=O)C(CC[C@H](NC(C)(C)C)C(=O)N[C@@H](CCCN=C(N)N)C(=O)O)N=C(N)N. The standard InChI is InChI=1S/C20H41N9O5/c1-10(30)14(21)15(31)11(28-19(24)25)7-8-12(29-20(2,3)4)16(32)27-13(17(33)34)6-5-9-26-18(22)23/h10-14,29-30H,5-9,21H2,1-4H3,(H,27,32)(H,33,34)(H4,22,23,26)(H4,24,25,28)/t10-,11?,12+,13+,14+/m1/s1. The molecule has 0 bridgehead atoms. The maximum absolute atomic E-state index is 13.0. The predicted molar refractivity (Wildman–Crippen MR) is 130 cm³/mol. The highest BCUT2D eigenvalue weighted by molar-refractivity contribution is 5.92. The molecule has 0 radical (unpaired) electrons. The van der Waals surface area contributed by atoms with Crippen LogP contribution in [0.5, 0.6) is 0 Å². The number of nitrogens with zero attached hydrogens (tertiary/aromatic N) is 2. The second kappa shape index (κ2) is 14.3. The van der Waals surface area contributed by atoms with Crippen molar-refractivity contribution >= 4 is 29.6 Å². The molecule has 0 spiro atoms. The number of aliphatic imine (C=N–C) groups is 2. The van der Waals surface area contributed by atoms with Crippen LogP contribution in [0, 0.1) is 0 Å². The maximum Gasteiger partial charge on any atom is 0.326 e. The number of Topliss-reactive ketones (excluding diaryl/α,β-unsaturated/α-hetero) is 1. The van der Waals surface area contributed by atoms with Crippen molar-refractivity contribution in [3.8, 4) is 0 Å². The Morgan fingerprint density at radius 3 is 2.00 bits per heavy atom. The molecule has 0 heterocycles. The van der Waals surface area contributed by atoms with Gasteiger partial charge in [-0.25, -0.2) is 9.79 Å². The van der Waals surface area contributed by atoms with Gasteiger partial charge in [0.2, 0.25) is 5.91 Å². The summed E-state index contributed by atoms with van der Waals surface area (Å²) in [6.45, 7) is 7.08. The van der Waals surface area contributed by atoms with E-state index in [2.05, 4.69) is 20.6 Å². The van der Waals surface area contributed by atoms with Gasteiger partial charge in [-0.2, -0.15) is 0 Å². The summed E-state index contributed by atoms with van der Waals surface area (Å²) in [4.78, 5) is 44.9. The summed E-state index contributed by atoms with van der Waals surface area (Å²) in [5, 5.41) is 24.8. The Morgan fingerprint density at radius 2 is 1.56 bits per heavy atom. The molecular weight excluding hydrogens is 446 g/mol. The highest BCUT2D eigenvalue weighted by Gasteiger charge is 2.32. The number of aliphatic hydroxyl groups is 1. The molecule has 1 amide bonds. The van der Waals surface area contributed by atoms with Gasteiger partial charge in [0.25, 0.3) is 0 Å². The molecule has 14 N–H and O–H groups in total. The lowest BCUT2D eigenvalue weighted by atomic mass is 9.95. The van der Waals surface area contributed by atoms with Gasteiger partial charge in [0.1, 0.15) is 12.1 Å². The van der Waals surface area contributed by atoms with Crippen LogP contribution in [-0.2, 0) is 14.4 Å². The van der Waals surface area contributed by atoms with E-state index in [0.717, 1.165) is 0 Å². The smallest absolute Gasteiger partial charge is 0.326 e. The van der Waals surface area contributed by atoms with Crippen molar-refractivity contribution in [2.45, 2.75) is 89.2 Å². The van der Waals surface area contributed by atoms with Gasteiger partial charge < -0.3 is 49.5 Å². The second-order valence-electron chi connectivity index (χ2n) is 9.11. The second-order valence-corrected chi connectivity index (χ2v) is 9.11. The van der Waals surface area contributed by atoms with E-state index in [0.29, 0.717) is 6.42 Å². The van der Waals surface area contributed by atoms with Crippen LogP contribution in [0.15, 0.2) is 9.98 Å². The minimum Gasteiger partial charge on any atom is -0.480 e. The molecule has 0 aliphatic heterocycles. The van der Waals surface area contributed by atoms with Gasteiger partial charge in [-0.1, -0.05) is 0 Å². The molecule has 0 rings (SSSR count). The van der Waals surface area contributed by atoms with Crippen LogP contribution in [0.25, 0.3) is 0 Å². The van der Waals surface area contributed by atoms with Crippen molar-refractivity contribution in [1.29, 1.82) is 0 Å². The molecule has 0 saturated carbocycles. The molecule has 14 nitrogen and oxygen atoms in total. The molecule has 5 atom stereocenters. The predicted octanol–water partition coefficient (Wildman–Crippen LogP) is -2.93. The monoisotopic (exact) mass is 487 g/mol. The fourth-order valence-electron chi connectivity index (χ4n) is 3.06. The number of hydrogen-bond donors (Lipinski definition) is 9. The number of aliphatic carboxylic acids is 1. The van der Waals surface area contributed by atoms with Crippen LogP contribution >= 0.6 is 0 Å². The Morgan fingerprint density at radius 1 is 0.971 bits per heavy atom. The van der Waals surface area contributed by atoms with E-state index in [9.17, 15) is 24.6 Å². The molecule has 34 heavy (non-hydrogen) atoms. The maximum atomic E-state index is 13.0. The van der Waals surface area contributed by atoms with Gasteiger partial charge in [0.15, 0.2) is 17.7 Å². The average Bonchev–Trinajstić information content (AvgIpc) is 2.69. The van der Waals surface area contributed by atoms with Crippen LogP contribution < -0.4 is 39.3 Å². The first kappa shape index (κ1) is 31.0. The minimum atomic E-state index is -1.21. The summed E-state index contributed by atoms with van der Waals surface area (Å²) in [6, 6.07) is -4.32. The van der Waals surface area contributed by atoms with Gasteiger partial charge in [-0.3, -0.25) is 14.6 Å². The molecule has 0 aromatic heterocycles. The Labute approximate surface area is 199 Å². The molecule has 0 aromatic rings. The van der Waals surface area contributed by atoms with Crippen molar-refractivity contribution in [3.05, 3.63) is 0 Å². The molecule has 0 aliphatic carbocycles. The molecule has 196 valence electrons. The number of nitrogens with two attached hydrogens (primary N) is 5. The lowest BCUT2D eigenvalue weighted by Crippen LogP contribution is -2.55. The molecular formula is C20H41N9O5. The summed E-state index contributed by atoms with van der Waals surface area (Å²) >= 11 is 0. The third-order valence-electron chi connectivity index (χ3n) is 4.69. The van der Waals surface area contributed by atoms with Crippen molar-refractivity contribution in [3.63, 3.8) is 0 Å². The third-order valence-corrected chi connectivity index (χ3v) is 4.69. The Hall–Kier alpha value is -2.97. The number of nitrogens with one attached hydrogen (secondary N) is 2. The number of aliphatic hydroxyl groups excluding tert-OH is 1. The fourth-order valence-corrected chi connectivity index (χ4v) is 3.06. The van der Waals surface area contributed by atoms with Gasteiger partial charge in [-0.05, 0) is 53.4 Å². The summed E-state index contributed by atoms with van der Waals surface area (Å²) in [5.74, 6) is -2.80. The number of rotatable bonds is 15. The topological polar surface area (TPSA) is 271 Å². The van der Waals surface area contributed by atoms with Crippen molar-refractivity contribution in [2.24, 2.45) is 38.7 Å². The van der Waals surface area contributed by atoms with E-state index < -0.39 is 53.5 Å². The number of hydrogen-bond acceptors (Lipinski definition) is 8. The van der Waals surface area contributed by atoms with Crippen LogP contribution in [0.4, 0.5) is 0 Å². The van der Waals surface area contributed by atoms with E-state index in [1.165, 1.54) is 6.92 Å². The van der Waals surface area contributed by atoms with E-state index in [1.807, 2.05) is 20.8 Å². The first-order valence-electron chi connectivity index (χ1n) is 11.0. The highest BCUT2D eigenvalue weighted by atomic mass is 16.4. The first-order valence-corrected chi connectivity index (χ1v) is 11.0. The van der Waals surface area contributed by atoms with Crippen molar-refractivity contribution < 1.29 is 24.6 Å². The molecule has 0 saturated heterocycles. The lowest BCUT2D eigenvalue weighted by molar-refractivity contribution is -0.142. The Bertz CT molecular complexity index is 741. The summed E-state index contributed by atoms with van der Waals surface area (Å²) in [6.07, 6.45) is -0.557. The number of carboxylic acid groups (broad SMARTS) is 1. The molecule has 14 heteroatoms. The normalized spacial score (nSPS) is 15.8. The zero-order valence-corrected chi connectivity index (χ0v) is 20.3. The largest absolute Gasteiger partial charge is 0.480 e. The third kappa shape index (κ3) is 12.9. The van der Waals surface area contributed by atoms with Crippen molar-refractivity contribution in [1.82, 2.24) is 10.6 Å². The number of guanidine groups is 2. The van der Waals surface area contributed by atoms with E-state index >= 15 is 0 Å². The molecule has 0 aliphatic rings. The average molecular weight is 488 g/mol. The zero-order valence-electron chi connectivity index (χ0n) is 20.3. The fraction of sp³-hybridized carbons (Fsp3) is 0.750. The number of carboxylic acids is 1. The van der Waals surface area contributed by atoms with Gasteiger partial charge >= 0.3 is 5.97 Å². The van der Waals surface area contributed by atoms with Crippen LogP contribution in [-0.4, -0.2) is 82.1 Å². The molecule has 0 aromatic carbocycles. The number of ketones is 1. The van der Waals surface area contributed by atoms with Gasteiger partial charge in [0, 0.05) is 12.1 Å². The highest BCUT2D eigenvalue weighted by Crippen LogP contribution is 2.13. The number of carbonyl (C=O) groups is 3. The van der Waals surface area contributed by atoms with Crippen LogP contribution in [0.1, 0.15) is 53.4 Å². The quantitative estimate of drug-likeness (QED) is 0.0640. The van der Waals surface area contributed by atoms with Gasteiger partial charge in [-0.15, -0.1) is 0 Å². The van der Waals surface area contributed by atoms with E-state index in [1.54, 1.807) is 0 Å². The minimum absolute atomic E-state index is 0.0283. The lowest BCUT2D eigenvalue weighted by Gasteiger charge is -2.29. The summed E-state index contributed by atoms with van der Waals surface area (Å²) in [7, 11) is 0. The zero-order chi connectivity index (χ0) is 26.6. The first-order chi connectivity index (χ1) is 15.5. The van der Waals surface area contributed by atoms with E-state index in [4.69, 9.17) is 28.7 Å². The Balaban J connectivity index is 5.51. The van der Waals surface area contributed by atoms with Crippen LogP contribution in [0.3, 0.4) is 0 Å². The van der Waals surface area contributed by atoms with Crippen LogP contribution in [0.2, 0.25) is 0 Å². The van der Waals surface area contributed by atoms with Gasteiger partial charge in [0.05, 0.1) is 18.2 Å². The summed E-state index contributed by atoms with van der Waals surface area (Å²) in [5.41, 5.74) is 26.6. The molecule has 1 unspecified atom stereocenters. The summed E-state index contributed by atoms with van der Waals surface area (Å²) < 4.78 is 0.